The summed E-state index contributed by atoms with van der Waals surface area (Å²) in [6.07, 6.45) is 8.88. The Hall–Kier alpha value is -0.490. The van der Waals surface area contributed by atoms with Crippen molar-refractivity contribution in [1.29, 1.82) is 0 Å². The molecule has 0 bridgehead atoms. The Kier molecular flexibility index (Phi) is 4.08. The van der Waals surface area contributed by atoms with E-state index >= 15 is 0 Å². The van der Waals surface area contributed by atoms with Crippen LogP contribution in [0.25, 0.3) is 0 Å². The number of rotatable bonds is 4. The largest absolute Gasteiger partial charge is 0.127 e. The third kappa shape index (κ3) is 2.98. The van der Waals surface area contributed by atoms with Gasteiger partial charge in [0.25, 0.3) is 0 Å². The second-order valence-electron chi connectivity index (χ2n) is 4.46. The Labute approximate surface area is 97.6 Å². The van der Waals surface area contributed by atoms with Crippen LogP contribution in [0.5, 0.6) is 0 Å². The van der Waals surface area contributed by atoms with Crippen LogP contribution in [0.2, 0.25) is 0 Å². The first-order valence-corrected chi connectivity index (χ1v) is 6.60. The highest BCUT2D eigenvalue weighted by Crippen LogP contribution is 2.22. The van der Waals surface area contributed by atoms with Gasteiger partial charge >= 0.3 is 0 Å². The highest BCUT2D eigenvalue weighted by molar-refractivity contribution is 6.17. The van der Waals surface area contributed by atoms with E-state index in [9.17, 15) is 0 Å². The summed E-state index contributed by atoms with van der Waals surface area (Å²) in [6.45, 7) is 0. The lowest BCUT2D eigenvalue weighted by molar-refractivity contribution is 0.683. The van der Waals surface area contributed by atoms with Gasteiger partial charge in [0.2, 0.25) is 0 Å². The van der Waals surface area contributed by atoms with Crippen molar-refractivity contribution in [2.24, 2.45) is 0 Å². The summed E-state index contributed by atoms with van der Waals surface area (Å²) >= 11 is 5.68. The summed E-state index contributed by atoms with van der Waals surface area (Å²) in [5, 5.41) is 0. The van der Waals surface area contributed by atoms with Gasteiger partial charge in [-0.2, -0.15) is 0 Å². The Balaban J connectivity index is 2.00. The quantitative estimate of drug-likeness (QED) is 0.531. The number of fused-ring (bicyclic) bond motifs is 1. The monoisotopic (exact) mass is 222 g/mol. The first-order chi connectivity index (χ1) is 7.40. The fraction of sp³-hybridized carbons (Fsp3) is 0.571. The van der Waals surface area contributed by atoms with Crippen molar-refractivity contribution in [3.63, 3.8) is 0 Å². The summed E-state index contributed by atoms with van der Waals surface area (Å²) in [4.78, 5) is 0. The molecule has 15 heavy (non-hydrogen) atoms. The molecule has 0 heterocycles. The Bertz CT molecular complexity index is 317. The minimum atomic E-state index is 0.797. The fourth-order valence-electron chi connectivity index (χ4n) is 2.37. The maximum Gasteiger partial charge on any atom is 0.0223 e. The van der Waals surface area contributed by atoms with Gasteiger partial charge in [0.1, 0.15) is 0 Å². The second-order valence-corrected chi connectivity index (χ2v) is 4.83. The minimum Gasteiger partial charge on any atom is -0.127 e. The Morgan fingerprint density at radius 3 is 2.60 bits per heavy atom. The summed E-state index contributed by atoms with van der Waals surface area (Å²) in [7, 11) is 0. The SMILES string of the molecule is ClCCCCc1ccc2c(c1)CCCC2. The third-order valence-corrected chi connectivity index (χ3v) is 3.53. The maximum atomic E-state index is 5.68. The van der Waals surface area contributed by atoms with Crippen molar-refractivity contribution in [2.75, 3.05) is 5.88 Å². The number of hydrogen-bond donors (Lipinski definition) is 0. The number of aryl methyl sites for hydroxylation is 3. The lowest BCUT2D eigenvalue weighted by Crippen LogP contribution is -2.03. The molecule has 0 unspecified atom stereocenters. The lowest BCUT2D eigenvalue weighted by atomic mass is 9.89. The van der Waals surface area contributed by atoms with E-state index in [1.165, 1.54) is 44.1 Å². The molecule has 0 amide bonds. The molecule has 2 rings (SSSR count). The molecular formula is C14H19Cl. The molecule has 0 fully saturated rings. The zero-order chi connectivity index (χ0) is 10.5. The van der Waals surface area contributed by atoms with Crippen LogP contribution in [0.1, 0.15) is 42.4 Å². The van der Waals surface area contributed by atoms with Crippen molar-refractivity contribution in [2.45, 2.75) is 44.9 Å². The van der Waals surface area contributed by atoms with Gasteiger partial charge in [-0.15, -0.1) is 11.6 Å². The van der Waals surface area contributed by atoms with Crippen molar-refractivity contribution in [3.8, 4) is 0 Å². The van der Waals surface area contributed by atoms with Crippen LogP contribution in [-0.2, 0) is 19.3 Å². The van der Waals surface area contributed by atoms with Gasteiger partial charge in [0, 0.05) is 5.88 Å². The van der Waals surface area contributed by atoms with Gasteiger partial charge < -0.3 is 0 Å². The lowest BCUT2D eigenvalue weighted by Gasteiger charge is -2.16. The molecular weight excluding hydrogens is 204 g/mol. The van der Waals surface area contributed by atoms with E-state index in [4.69, 9.17) is 11.6 Å². The molecule has 0 spiro atoms. The zero-order valence-electron chi connectivity index (χ0n) is 9.27. The van der Waals surface area contributed by atoms with E-state index in [1.54, 1.807) is 11.1 Å². The average Bonchev–Trinajstić information content (AvgIpc) is 2.29. The summed E-state index contributed by atoms with van der Waals surface area (Å²) < 4.78 is 0. The van der Waals surface area contributed by atoms with Crippen molar-refractivity contribution in [1.82, 2.24) is 0 Å². The number of hydrogen-bond acceptors (Lipinski definition) is 0. The highest BCUT2D eigenvalue weighted by Gasteiger charge is 2.08. The van der Waals surface area contributed by atoms with Crippen LogP contribution in [0.4, 0.5) is 0 Å². The van der Waals surface area contributed by atoms with Crippen molar-refractivity contribution < 1.29 is 0 Å². The molecule has 0 radical (unpaired) electrons. The fourth-order valence-corrected chi connectivity index (χ4v) is 2.55. The standard InChI is InChI=1S/C14H19Cl/c15-10-4-3-5-12-8-9-13-6-1-2-7-14(13)11-12/h8-9,11H,1-7,10H2. The van der Waals surface area contributed by atoms with E-state index in [-0.39, 0.29) is 0 Å². The molecule has 1 heteroatoms. The molecule has 1 aliphatic carbocycles. The van der Waals surface area contributed by atoms with Gasteiger partial charge in [0.05, 0.1) is 0 Å². The number of halogens is 1. The van der Waals surface area contributed by atoms with Crippen LogP contribution in [-0.4, -0.2) is 5.88 Å². The topological polar surface area (TPSA) is 0 Å². The molecule has 0 aromatic heterocycles. The van der Waals surface area contributed by atoms with E-state index < -0.39 is 0 Å². The molecule has 0 saturated heterocycles. The molecule has 0 N–H and O–H groups in total. The zero-order valence-corrected chi connectivity index (χ0v) is 10.0. The predicted molar refractivity (Wildman–Crippen MR) is 66.7 cm³/mol. The van der Waals surface area contributed by atoms with Gasteiger partial charge in [0.15, 0.2) is 0 Å². The normalized spacial score (nSPS) is 15.0. The first kappa shape index (κ1) is 11.0. The van der Waals surface area contributed by atoms with E-state index in [0.29, 0.717) is 0 Å². The second kappa shape index (κ2) is 5.55. The predicted octanol–water partition coefficient (Wildman–Crippen LogP) is 4.13. The molecule has 0 saturated carbocycles. The molecule has 1 aromatic carbocycles. The van der Waals surface area contributed by atoms with Gasteiger partial charge in [-0.1, -0.05) is 18.2 Å². The van der Waals surface area contributed by atoms with Gasteiger partial charge in [-0.25, -0.2) is 0 Å². The van der Waals surface area contributed by atoms with E-state index in [2.05, 4.69) is 18.2 Å². The van der Waals surface area contributed by atoms with Crippen LogP contribution >= 0.6 is 11.6 Å². The molecule has 82 valence electrons. The van der Waals surface area contributed by atoms with Gasteiger partial charge in [-0.3, -0.25) is 0 Å². The summed E-state index contributed by atoms with van der Waals surface area (Å²) in [5.74, 6) is 0.797. The third-order valence-electron chi connectivity index (χ3n) is 3.26. The van der Waals surface area contributed by atoms with Gasteiger partial charge in [-0.05, 0) is 61.6 Å². The molecule has 0 atom stereocenters. The first-order valence-electron chi connectivity index (χ1n) is 6.07. The summed E-state index contributed by atoms with van der Waals surface area (Å²) in [5.41, 5.74) is 4.69. The number of benzene rings is 1. The Morgan fingerprint density at radius 2 is 1.80 bits per heavy atom. The van der Waals surface area contributed by atoms with Crippen molar-refractivity contribution in [3.05, 3.63) is 34.9 Å². The highest BCUT2D eigenvalue weighted by atomic mass is 35.5. The van der Waals surface area contributed by atoms with E-state index in [1.807, 2.05) is 0 Å². The Morgan fingerprint density at radius 1 is 1.00 bits per heavy atom. The van der Waals surface area contributed by atoms with Crippen LogP contribution in [0.15, 0.2) is 18.2 Å². The molecule has 1 aromatic rings. The minimum absolute atomic E-state index is 0.797. The maximum absolute atomic E-state index is 5.68. The number of alkyl halides is 1. The van der Waals surface area contributed by atoms with Crippen LogP contribution in [0.3, 0.4) is 0 Å². The molecule has 1 aliphatic rings. The smallest absolute Gasteiger partial charge is 0.0223 e. The number of unbranched alkanes of at least 4 members (excludes halogenated alkanes) is 1. The van der Waals surface area contributed by atoms with E-state index in [0.717, 1.165) is 12.3 Å². The van der Waals surface area contributed by atoms with Crippen molar-refractivity contribution >= 4 is 11.6 Å². The molecule has 0 aliphatic heterocycles. The average molecular weight is 223 g/mol. The summed E-state index contributed by atoms with van der Waals surface area (Å²) in [6, 6.07) is 7.06. The molecule has 0 nitrogen and oxygen atoms in total. The van der Waals surface area contributed by atoms with Crippen LogP contribution in [0, 0.1) is 0 Å². The van der Waals surface area contributed by atoms with Crippen LogP contribution < -0.4 is 0 Å².